The fourth-order valence-electron chi connectivity index (χ4n) is 2.65. The van der Waals surface area contributed by atoms with Gasteiger partial charge < -0.3 is 14.0 Å². The van der Waals surface area contributed by atoms with E-state index in [1.807, 2.05) is 4.57 Å². The van der Waals surface area contributed by atoms with E-state index in [2.05, 4.69) is 20.3 Å². The Balaban J connectivity index is 1.57. The van der Waals surface area contributed by atoms with Crippen molar-refractivity contribution in [1.29, 1.82) is 0 Å². The van der Waals surface area contributed by atoms with Crippen molar-refractivity contribution in [3.63, 3.8) is 0 Å². The molecule has 0 spiro atoms. The van der Waals surface area contributed by atoms with E-state index in [9.17, 15) is 9.18 Å². The fraction of sp³-hybridized carbons (Fsp3) is 0.267. The molecule has 0 fully saturated rings. The van der Waals surface area contributed by atoms with Crippen LogP contribution in [0.4, 0.5) is 4.39 Å². The third kappa shape index (κ3) is 2.43. The average Bonchev–Trinajstić information content (AvgIpc) is 3.20. The highest BCUT2D eigenvalue weighted by Gasteiger charge is 2.27. The maximum atomic E-state index is 13.0. The molecule has 1 aliphatic rings. The van der Waals surface area contributed by atoms with E-state index in [1.165, 1.54) is 24.3 Å². The molecule has 24 heavy (non-hydrogen) atoms. The van der Waals surface area contributed by atoms with Gasteiger partial charge in [-0.2, -0.15) is 4.98 Å². The smallest absolute Gasteiger partial charge is 0.295 e. The molecular weight excluding hydrogens is 315 g/mol. The molecule has 1 amide bonds. The zero-order valence-electron chi connectivity index (χ0n) is 12.8. The summed E-state index contributed by atoms with van der Waals surface area (Å²) in [4.78, 5) is 18.3. The van der Waals surface area contributed by atoms with Crippen molar-refractivity contribution < 1.29 is 13.7 Å². The molecule has 8 nitrogen and oxygen atoms in total. The number of hydrogen-bond acceptors (Lipinski definition) is 6. The Kier molecular flexibility index (Phi) is 3.33. The number of fused-ring (bicyclic) bond motifs is 1. The molecule has 0 bridgehead atoms. The second kappa shape index (κ2) is 5.52. The standard InChI is InChI=1S/C15H13FN6O2/c1-9-17-14(24-20-9)13-19-18-12-8-21(6-7-22(12)13)15(23)10-2-4-11(16)5-3-10/h2-5H,6-8H2,1H3. The van der Waals surface area contributed by atoms with E-state index in [-0.39, 0.29) is 11.7 Å². The molecule has 9 heteroatoms. The van der Waals surface area contributed by atoms with Crippen LogP contribution >= 0.6 is 0 Å². The number of hydrogen-bond donors (Lipinski definition) is 0. The largest absolute Gasteiger partial charge is 0.330 e. The van der Waals surface area contributed by atoms with E-state index in [0.717, 1.165) is 0 Å². The molecule has 0 radical (unpaired) electrons. The van der Waals surface area contributed by atoms with Crippen molar-refractivity contribution in [1.82, 2.24) is 29.8 Å². The first-order chi connectivity index (χ1) is 11.6. The molecule has 4 rings (SSSR count). The Labute approximate surface area is 135 Å². The third-order valence-electron chi connectivity index (χ3n) is 3.85. The van der Waals surface area contributed by atoms with Crippen LogP contribution in [0.2, 0.25) is 0 Å². The first-order valence-electron chi connectivity index (χ1n) is 7.39. The maximum absolute atomic E-state index is 13.0. The van der Waals surface area contributed by atoms with Crippen LogP contribution < -0.4 is 0 Å². The number of aryl methyl sites for hydroxylation is 1. The fourth-order valence-corrected chi connectivity index (χ4v) is 2.65. The predicted octanol–water partition coefficient (Wildman–Crippen LogP) is 1.43. The summed E-state index contributed by atoms with van der Waals surface area (Å²) in [6.07, 6.45) is 0. The van der Waals surface area contributed by atoms with Gasteiger partial charge in [-0.25, -0.2) is 4.39 Å². The van der Waals surface area contributed by atoms with Crippen LogP contribution in [0, 0.1) is 12.7 Å². The topological polar surface area (TPSA) is 89.9 Å². The van der Waals surface area contributed by atoms with Crippen LogP contribution in [0.1, 0.15) is 22.0 Å². The minimum Gasteiger partial charge on any atom is -0.330 e. The van der Waals surface area contributed by atoms with Gasteiger partial charge in [-0.1, -0.05) is 5.16 Å². The Morgan fingerprint density at radius 2 is 2.00 bits per heavy atom. The molecule has 0 N–H and O–H groups in total. The lowest BCUT2D eigenvalue weighted by Crippen LogP contribution is -2.38. The van der Waals surface area contributed by atoms with Gasteiger partial charge in [-0.05, 0) is 31.2 Å². The first-order valence-corrected chi connectivity index (χ1v) is 7.39. The van der Waals surface area contributed by atoms with Crippen LogP contribution in [0.25, 0.3) is 11.7 Å². The van der Waals surface area contributed by atoms with Gasteiger partial charge in [0.2, 0.25) is 5.82 Å². The summed E-state index contributed by atoms with van der Waals surface area (Å²) in [6.45, 7) is 3.05. The number of rotatable bonds is 2. The molecule has 122 valence electrons. The molecule has 0 atom stereocenters. The summed E-state index contributed by atoms with van der Waals surface area (Å²) in [5.41, 5.74) is 0.442. The number of halogens is 1. The van der Waals surface area contributed by atoms with Crippen LogP contribution in [0.15, 0.2) is 28.8 Å². The first kappa shape index (κ1) is 14.5. The molecule has 0 aliphatic carbocycles. The van der Waals surface area contributed by atoms with Gasteiger partial charge in [0.1, 0.15) is 5.82 Å². The number of nitrogens with zero attached hydrogens (tertiary/aromatic N) is 6. The second-order valence-corrected chi connectivity index (χ2v) is 5.47. The SMILES string of the molecule is Cc1noc(-c2nnc3n2CCN(C(=O)c2ccc(F)cc2)C3)n1. The Morgan fingerprint density at radius 3 is 2.71 bits per heavy atom. The predicted molar refractivity (Wildman–Crippen MR) is 79.2 cm³/mol. The molecule has 3 heterocycles. The van der Waals surface area contributed by atoms with Gasteiger partial charge in [0.15, 0.2) is 11.6 Å². The zero-order chi connectivity index (χ0) is 16.7. The van der Waals surface area contributed by atoms with E-state index in [1.54, 1.807) is 11.8 Å². The quantitative estimate of drug-likeness (QED) is 0.707. The molecule has 0 unspecified atom stereocenters. The maximum Gasteiger partial charge on any atom is 0.295 e. The van der Waals surface area contributed by atoms with Crippen molar-refractivity contribution >= 4 is 5.91 Å². The molecule has 1 aromatic carbocycles. The molecule has 0 saturated heterocycles. The van der Waals surface area contributed by atoms with Crippen molar-refractivity contribution in [2.24, 2.45) is 0 Å². The molecule has 3 aromatic rings. The third-order valence-corrected chi connectivity index (χ3v) is 3.85. The van der Waals surface area contributed by atoms with Crippen LogP contribution in [-0.4, -0.2) is 42.3 Å². The summed E-state index contributed by atoms with van der Waals surface area (Å²) < 4.78 is 20.0. The highest BCUT2D eigenvalue weighted by molar-refractivity contribution is 5.94. The van der Waals surface area contributed by atoms with Gasteiger partial charge in [0.25, 0.3) is 11.8 Å². The summed E-state index contributed by atoms with van der Waals surface area (Å²) in [7, 11) is 0. The number of carbonyl (C=O) groups is 1. The van der Waals surface area contributed by atoms with Crippen LogP contribution in [-0.2, 0) is 13.1 Å². The van der Waals surface area contributed by atoms with Crippen molar-refractivity contribution in [2.45, 2.75) is 20.0 Å². The van der Waals surface area contributed by atoms with Crippen molar-refractivity contribution in [3.05, 3.63) is 47.3 Å². The summed E-state index contributed by atoms with van der Waals surface area (Å²) >= 11 is 0. The van der Waals surface area contributed by atoms with E-state index in [4.69, 9.17) is 4.52 Å². The molecule has 0 saturated carbocycles. The van der Waals surface area contributed by atoms with E-state index >= 15 is 0 Å². The Bertz CT molecular complexity index is 901. The lowest BCUT2D eigenvalue weighted by Gasteiger charge is -2.27. The van der Waals surface area contributed by atoms with E-state index in [0.29, 0.717) is 48.6 Å². The number of amides is 1. The molecular formula is C15H13FN6O2. The van der Waals surface area contributed by atoms with Gasteiger partial charge in [-0.15, -0.1) is 10.2 Å². The second-order valence-electron chi connectivity index (χ2n) is 5.47. The highest BCUT2D eigenvalue weighted by Crippen LogP contribution is 2.21. The monoisotopic (exact) mass is 328 g/mol. The lowest BCUT2D eigenvalue weighted by atomic mass is 10.2. The normalized spacial score (nSPS) is 13.8. The Hall–Kier alpha value is -3.10. The number of benzene rings is 1. The lowest BCUT2D eigenvalue weighted by molar-refractivity contribution is 0.0708. The molecule has 2 aromatic heterocycles. The summed E-state index contributed by atoms with van der Waals surface area (Å²) in [5.74, 6) is 1.43. The number of carbonyl (C=O) groups excluding carboxylic acids is 1. The van der Waals surface area contributed by atoms with Crippen LogP contribution in [0.5, 0.6) is 0 Å². The van der Waals surface area contributed by atoms with Crippen LogP contribution in [0.3, 0.4) is 0 Å². The minimum absolute atomic E-state index is 0.167. The van der Waals surface area contributed by atoms with Crippen molar-refractivity contribution in [2.75, 3.05) is 6.54 Å². The molecule has 1 aliphatic heterocycles. The highest BCUT2D eigenvalue weighted by atomic mass is 19.1. The zero-order valence-corrected chi connectivity index (χ0v) is 12.8. The van der Waals surface area contributed by atoms with Gasteiger partial charge >= 0.3 is 0 Å². The summed E-state index contributed by atoms with van der Waals surface area (Å²) in [5, 5.41) is 12.0. The Morgan fingerprint density at radius 1 is 1.21 bits per heavy atom. The minimum atomic E-state index is -0.371. The van der Waals surface area contributed by atoms with Gasteiger partial charge in [-0.3, -0.25) is 4.79 Å². The van der Waals surface area contributed by atoms with Gasteiger partial charge in [0, 0.05) is 18.7 Å². The number of aromatic nitrogens is 5. The van der Waals surface area contributed by atoms with Crippen molar-refractivity contribution in [3.8, 4) is 11.7 Å². The summed E-state index contributed by atoms with van der Waals surface area (Å²) in [6, 6.07) is 5.50. The average molecular weight is 328 g/mol. The van der Waals surface area contributed by atoms with E-state index < -0.39 is 0 Å². The van der Waals surface area contributed by atoms with Gasteiger partial charge in [0.05, 0.1) is 6.54 Å².